The Hall–Kier alpha value is -2.40. The SMILES string of the molecule is CC1CCCc2cc(-c3ccc4c(=O)c(C(=O)O)cn(C5CC5)c4c3)sc21. The average Bonchev–Trinajstić information content (AvgIpc) is 3.39. The van der Waals surface area contributed by atoms with Crippen LogP contribution in [0.1, 0.15) is 65.4 Å². The first kappa shape index (κ1) is 16.8. The number of hydrogen-bond donors (Lipinski definition) is 1. The summed E-state index contributed by atoms with van der Waals surface area (Å²) < 4.78 is 2.00. The zero-order valence-electron chi connectivity index (χ0n) is 15.2. The van der Waals surface area contributed by atoms with Gasteiger partial charge in [-0.1, -0.05) is 13.0 Å². The molecule has 0 saturated heterocycles. The molecule has 1 saturated carbocycles. The van der Waals surface area contributed by atoms with E-state index >= 15 is 0 Å². The number of nitrogens with zero attached hydrogens (tertiary/aromatic N) is 1. The number of fused-ring (bicyclic) bond motifs is 2. The minimum atomic E-state index is -1.15. The van der Waals surface area contributed by atoms with E-state index in [1.807, 2.05) is 22.0 Å². The van der Waals surface area contributed by atoms with Crippen molar-refractivity contribution in [2.75, 3.05) is 0 Å². The molecule has 1 atom stereocenters. The summed E-state index contributed by atoms with van der Waals surface area (Å²) in [5.74, 6) is -0.531. The fraction of sp³-hybridized carbons (Fsp3) is 0.364. The number of carbonyl (C=O) groups is 1. The second-order valence-corrected chi connectivity index (χ2v) is 8.92. The number of thiophene rings is 1. The van der Waals surface area contributed by atoms with Crippen LogP contribution in [0, 0.1) is 0 Å². The first-order valence-electron chi connectivity index (χ1n) is 9.58. The van der Waals surface area contributed by atoms with Crippen LogP contribution in [0.2, 0.25) is 0 Å². The van der Waals surface area contributed by atoms with Crippen LogP contribution in [-0.2, 0) is 6.42 Å². The highest BCUT2D eigenvalue weighted by Gasteiger charge is 2.27. The fourth-order valence-electron chi connectivity index (χ4n) is 4.24. The highest BCUT2D eigenvalue weighted by Crippen LogP contribution is 2.42. The van der Waals surface area contributed by atoms with E-state index in [2.05, 4.69) is 19.1 Å². The number of rotatable bonds is 3. The van der Waals surface area contributed by atoms with Crippen molar-refractivity contribution in [3.05, 3.63) is 56.7 Å². The van der Waals surface area contributed by atoms with E-state index in [0.29, 0.717) is 17.3 Å². The minimum absolute atomic E-state index is 0.137. The predicted octanol–water partition coefficient (Wildman–Crippen LogP) is 5.20. The molecule has 0 aliphatic heterocycles. The van der Waals surface area contributed by atoms with Gasteiger partial charge in [-0.3, -0.25) is 4.79 Å². The number of aryl methyl sites for hydroxylation is 1. The molecule has 0 bridgehead atoms. The van der Waals surface area contributed by atoms with Gasteiger partial charge in [0.05, 0.1) is 5.52 Å². The van der Waals surface area contributed by atoms with E-state index in [-0.39, 0.29) is 11.0 Å². The van der Waals surface area contributed by atoms with Gasteiger partial charge in [-0.2, -0.15) is 0 Å². The standard InChI is InChI=1S/C22H21NO3S/c1-12-3-2-4-14-10-19(27-21(12)14)13-5-8-16-18(9-13)23(15-6-7-15)11-17(20(16)24)22(25)26/h5,8-12,15H,2-4,6-7H2,1H3,(H,25,26). The Morgan fingerprint density at radius 1 is 1.22 bits per heavy atom. The topological polar surface area (TPSA) is 59.3 Å². The molecule has 0 amide bonds. The van der Waals surface area contributed by atoms with Gasteiger partial charge in [0.15, 0.2) is 0 Å². The van der Waals surface area contributed by atoms with Crippen LogP contribution in [0.4, 0.5) is 0 Å². The number of pyridine rings is 1. The third-order valence-electron chi connectivity index (χ3n) is 5.86. The molecule has 2 aliphatic carbocycles. The number of aromatic carboxylic acids is 1. The van der Waals surface area contributed by atoms with Gasteiger partial charge in [-0.15, -0.1) is 11.3 Å². The van der Waals surface area contributed by atoms with Gasteiger partial charge in [0.2, 0.25) is 5.43 Å². The maximum absolute atomic E-state index is 12.6. The van der Waals surface area contributed by atoms with Crippen molar-refractivity contribution in [1.82, 2.24) is 4.57 Å². The molecule has 4 nitrogen and oxygen atoms in total. The molecule has 0 spiro atoms. The van der Waals surface area contributed by atoms with Crippen LogP contribution < -0.4 is 5.43 Å². The van der Waals surface area contributed by atoms with Crippen molar-refractivity contribution in [2.24, 2.45) is 0 Å². The molecule has 2 aromatic heterocycles. The monoisotopic (exact) mass is 379 g/mol. The molecule has 27 heavy (non-hydrogen) atoms. The molecule has 1 N–H and O–H groups in total. The van der Waals surface area contributed by atoms with Gasteiger partial charge in [0.1, 0.15) is 5.56 Å². The summed E-state index contributed by atoms with van der Waals surface area (Å²) in [6, 6.07) is 8.46. The second-order valence-electron chi connectivity index (χ2n) is 7.84. The summed E-state index contributed by atoms with van der Waals surface area (Å²) in [6.45, 7) is 2.30. The Labute approximate surface area is 161 Å². The first-order valence-corrected chi connectivity index (χ1v) is 10.4. The van der Waals surface area contributed by atoms with Crippen LogP contribution >= 0.6 is 11.3 Å². The predicted molar refractivity (Wildman–Crippen MR) is 108 cm³/mol. The number of aromatic nitrogens is 1. The average molecular weight is 379 g/mol. The zero-order chi connectivity index (χ0) is 18.7. The number of benzene rings is 1. The lowest BCUT2D eigenvalue weighted by Gasteiger charge is -2.17. The molecule has 0 radical (unpaired) electrons. The normalized spacial score (nSPS) is 19.2. The van der Waals surface area contributed by atoms with Crippen LogP contribution in [0.5, 0.6) is 0 Å². The molecule has 3 aromatic rings. The summed E-state index contributed by atoms with van der Waals surface area (Å²) in [4.78, 5) is 26.8. The zero-order valence-corrected chi connectivity index (χ0v) is 16.0. The Balaban J connectivity index is 1.70. The Morgan fingerprint density at radius 3 is 2.74 bits per heavy atom. The highest BCUT2D eigenvalue weighted by atomic mass is 32.1. The van der Waals surface area contributed by atoms with E-state index in [9.17, 15) is 14.7 Å². The van der Waals surface area contributed by atoms with Crippen LogP contribution in [0.3, 0.4) is 0 Å². The molecule has 1 fully saturated rings. The molecule has 2 heterocycles. The highest BCUT2D eigenvalue weighted by molar-refractivity contribution is 7.15. The van der Waals surface area contributed by atoms with Crippen molar-refractivity contribution < 1.29 is 9.90 Å². The Bertz CT molecular complexity index is 1140. The third kappa shape index (κ3) is 2.72. The first-order chi connectivity index (χ1) is 13.0. The van der Waals surface area contributed by atoms with Crippen LogP contribution in [0.15, 0.2) is 35.3 Å². The molecule has 5 rings (SSSR count). The molecule has 1 aromatic carbocycles. The summed E-state index contributed by atoms with van der Waals surface area (Å²) in [7, 11) is 0. The maximum Gasteiger partial charge on any atom is 0.341 e. The van der Waals surface area contributed by atoms with Crippen molar-refractivity contribution in [2.45, 2.75) is 51.0 Å². The van der Waals surface area contributed by atoms with Crippen molar-refractivity contribution in [1.29, 1.82) is 0 Å². The summed E-state index contributed by atoms with van der Waals surface area (Å²) in [5, 5.41) is 9.89. The van der Waals surface area contributed by atoms with Crippen molar-refractivity contribution in [3.8, 4) is 10.4 Å². The number of carboxylic acid groups (broad SMARTS) is 1. The van der Waals surface area contributed by atoms with E-state index in [1.165, 1.54) is 34.4 Å². The van der Waals surface area contributed by atoms with Gasteiger partial charge in [0, 0.05) is 27.4 Å². The van der Waals surface area contributed by atoms with Gasteiger partial charge >= 0.3 is 5.97 Å². The summed E-state index contributed by atoms with van der Waals surface area (Å²) in [5.41, 5.74) is 2.91. The third-order valence-corrected chi connectivity index (χ3v) is 7.32. The Morgan fingerprint density at radius 2 is 2.04 bits per heavy atom. The van der Waals surface area contributed by atoms with Gasteiger partial charge in [-0.25, -0.2) is 4.79 Å². The van der Waals surface area contributed by atoms with Gasteiger partial charge < -0.3 is 9.67 Å². The second kappa shape index (κ2) is 6.06. The minimum Gasteiger partial charge on any atom is -0.477 e. The van der Waals surface area contributed by atoms with E-state index < -0.39 is 5.97 Å². The smallest absolute Gasteiger partial charge is 0.341 e. The van der Waals surface area contributed by atoms with Crippen molar-refractivity contribution >= 4 is 28.2 Å². The number of carboxylic acids is 1. The van der Waals surface area contributed by atoms with E-state index in [4.69, 9.17) is 0 Å². The fourth-order valence-corrected chi connectivity index (χ4v) is 5.53. The lowest BCUT2D eigenvalue weighted by atomic mass is 9.90. The molecule has 5 heteroatoms. The molecule has 138 valence electrons. The quantitative estimate of drug-likeness (QED) is 0.680. The molecular weight excluding hydrogens is 358 g/mol. The van der Waals surface area contributed by atoms with E-state index in [0.717, 1.165) is 30.3 Å². The van der Waals surface area contributed by atoms with Crippen LogP contribution in [0.25, 0.3) is 21.3 Å². The molecule has 1 unspecified atom stereocenters. The number of hydrogen-bond acceptors (Lipinski definition) is 3. The summed E-state index contributed by atoms with van der Waals surface area (Å²) in [6.07, 6.45) is 7.26. The lowest BCUT2D eigenvalue weighted by molar-refractivity contribution is 0.0695. The summed E-state index contributed by atoms with van der Waals surface area (Å²) >= 11 is 1.87. The van der Waals surface area contributed by atoms with Crippen LogP contribution in [-0.4, -0.2) is 15.6 Å². The molecule has 2 aliphatic rings. The maximum atomic E-state index is 12.6. The van der Waals surface area contributed by atoms with E-state index in [1.54, 1.807) is 6.07 Å². The van der Waals surface area contributed by atoms with Gasteiger partial charge in [-0.05, 0) is 67.3 Å². The Kier molecular flexibility index (Phi) is 3.76. The lowest BCUT2D eigenvalue weighted by Crippen LogP contribution is -2.18. The molecular formula is C22H21NO3S. The van der Waals surface area contributed by atoms with Crippen molar-refractivity contribution in [3.63, 3.8) is 0 Å². The van der Waals surface area contributed by atoms with Gasteiger partial charge in [0.25, 0.3) is 0 Å². The largest absolute Gasteiger partial charge is 0.477 e.